The number of benzene rings is 1. The average molecular weight is 331 g/mol. The summed E-state index contributed by atoms with van der Waals surface area (Å²) in [6.45, 7) is 8.50. The summed E-state index contributed by atoms with van der Waals surface area (Å²) in [6.07, 6.45) is 1.97. The molecule has 1 aromatic carbocycles. The molecule has 0 fully saturated rings. The molecule has 0 saturated carbocycles. The van der Waals surface area contributed by atoms with E-state index in [0.717, 1.165) is 12.8 Å². The summed E-state index contributed by atoms with van der Waals surface area (Å²) in [6, 6.07) is 5.08. The van der Waals surface area contributed by atoms with Crippen molar-refractivity contribution in [2.24, 2.45) is 5.92 Å². The van der Waals surface area contributed by atoms with Gasteiger partial charge in [0.15, 0.2) is 0 Å². The van der Waals surface area contributed by atoms with E-state index in [-0.39, 0.29) is 11.9 Å². The summed E-state index contributed by atoms with van der Waals surface area (Å²) in [4.78, 5) is 38.5. The summed E-state index contributed by atoms with van der Waals surface area (Å²) in [7, 11) is 0. The highest BCUT2D eigenvalue weighted by atomic mass is 16.2. The number of rotatable bonds is 6. The first-order chi connectivity index (χ1) is 11.3. The van der Waals surface area contributed by atoms with Gasteiger partial charge in [-0.25, -0.2) is 0 Å². The summed E-state index contributed by atoms with van der Waals surface area (Å²) < 4.78 is 1.40. The van der Waals surface area contributed by atoms with Crippen LogP contribution in [0.2, 0.25) is 0 Å². The van der Waals surface area contributed by atoms with Crippen LogP contribution in [0.15, 0.2) is 27.8 Å². The van der Waals surface area contributed by atoms with E-state index < -0.39 is 11.1 Å². The molecule has 6 nitrogen and oxygen atoms in total. The number of amides is 1. The predicted octanol–water partition coefficient (Wildman–Crippen LogP) is 2.26. The van der Waals surface area contributed by atoms with E-state index in [4.69, 9.17) is 0 Å². The second kappa shape index (κ2) is 7.47. The zero-order valence-electron chi connectivity index (χ0n) is 14.7. The molecule has 1 atom stereocenters. The minimum atomic E-state index is -0.674. The number of nitrogens with one attached hydrogen (secondary N) is 2. The van der Waals surface area contributed by atoms with Gasteiger partial charge in [0.05, 0.1) is 11.0 Å². The molecule has 2 aromatic rings. The minimum absolute atomic E-state index is 0.0826. The lowest BCUT2D eigenvalue weighted by molar-refractivity contribution is 0.0937. The van der Waals surface area contributed by atoms with Crippen LogP contribution in [-0.4, -0.2) is 21.5 Å². The van der Waals surface area contributed by atoms with Crippen LogP contribution in [0.1, 0.15) is 50.9 Å². The van der Waals surface area contributed by atoms with Crippen molar-refractivity contribution in [3.05, 3.63) is 44.5 Å². The van der Waals surface area contributed by atoms with Crippen molar-refractivity contribution in [1.29, 1.82) is 0 Å². The maximum absolute atomic E-state index is 12.4. The number of hydrogen-bond donors (Lipinski definition) is 2. The third-order valence-electron chi connectivity index (χ3n) is 4.11. The van der Waals surface area contributed by atoms with E-state index in [1.165, 1.54) is 4.57 Å². The lowest BCUT2D eigenvalue weighted by atomic mass is 10.0. The Labute approximate surface area is 140 Å². The van der Waals surface area contributed by atoms with Gasteiger partial charge in [0.2, 0.25) is 0 Å². The van der Waals surface area contributed by atoms with E-state index in [0.29, 0.717) is 29.1 Å². The zero-order valence-corrected chi connectivity index (χ0v) is 14.7. The van der Waals surface area contributed by atoms with Crippen LogP contribution in [-0.2, 0) is 6.54 Å². The molecule has 2 N–H and O–H groups in total. The number of hydrogen-bond acceptors (Lipinski definition) is 3. The fourth-order valence-electron chi connectivity index (χ4n) is 2.70. The van der Waals surface area contributed by atoms with Crippen molar-refractivity contribution in [2.75, 3.05) is 0 Å². The lowest BCUT2D eigenvalue weighted by Gasteiger charge is -2.15. The van der Waals surface area contributed by atoms with Crippen molar-refractivity contribution in [3.63, 3.8) is 0 Å². The lowest BCUT2D eigenvalue weighted by Crippen LogP contribution is -2.36. The van der Waals surface area contributed by atoms with Gasteiger partial charge in [-0.15, -0.1) is 0 Å². The zero-order chi connectivity index (χ0) is 17.9. The monoisotopic (exact) mass is 331 g/mol. The summed E-state index contributed by atoms with van der Waals surface area (Å²) in [5.41, 5.74) is 0.322. The highest BCUT2D eigenvalue weighted by Gasteiger charge is 2.13. The van der Waals surface area contributed by atoms with Gasteiger partial charge in [-0.3, -0.25) is 14.4 Å². The predicted molar refractivity (Wildman–Crippen MR) is 95.5 cm³/mol. The molecule has 0 saturated heterocycles. The summed E-state index contributed by atoms with van der Waals surface area (Å²) in [5.74, 6) is 0.420. The maximum atomic E-state index is 12.4. The maximum Gasteiger partial charge on any atom is 0.316 e. The molecule has 1 unspecified atom stereocenters. The standard InChI is InChI=1S/C18H25N3O3/c1-5-21-15-9-8-13(10-14(15)20-17(23)18(21)24)16(22)19-12(4)7-6-11(2)3/h8-12H,5-7H2,1-4H3,(H,19,22)(H,20,23). The first-order valence-corrected chi connectivity index (χ1v) is 8.41. The van der Waals surface area contributed by atoms with Crippen LogP contribution in [0, 0.1) is 5.92 Å². The molecule has 1 amide bonds. The number of carbonyl (C=O) groups excluding carboxylic acids is 1. The van der Waals surface area contributed by atoms with Gasteiger partial charge in [0, 0.05) is 18.2 Å². The third-order valence-corrected chi connectivity index (χ3v) is 4.11. The topological polar surface area (TPSA) is 84.0 Å². The second-order valence-corrected chi connectivity index (χ2v) is 6.58. The molecule has 130 valence electrons. The Morgan fingerprint density at radius 2 is 1.92 bits per heavy atom. The third kappa shape index (κ3) is 3.93. The SMILES string of the molecule is CCn1c(=O)c(=O)[nH]c2cc(C(=O)NC(C)CCC(C)C)ccc21. The van der Waals surface area contributed by atoms with Crippen molar-refractivity contribution in [3.8, 4) is 0 Å². The van der Waals surface area contributed by atoms with Crippen LogP contribution in [0.5, 0.6) is 0 Å². The molecule has 1 heterocycles. The molecule has 2 rings (SSSR count). The van der Waals surface area contributed by atoms with Crippen molar-refractivity contribution in [2.45, 2.75) is 53.1 Å². The molecule has 0 bridgehead atoms. The fraction of sp³-hybridized carbons (Fsp3) is 0.500. The summed E-state index contributed by atoms with van der Waals surface area (Å²) >= 11 is 0. The molecule has 0 radical (unpaired) electrons. The van der Waals surface area contributed by atoms with Gasteiger partial charge in [-0.1, -0.05) is 13.8 Å². The molecule has 0 aliphatic rings. The van der Waals surface area contributed by atoms with Gasteiger partial charge < -0.3 is 14.9 Å². The van der Waals surface area contributed by atoms with Crippen LogP contribution >= 0.6 is 0 Å². The summed E-state index contributed by atoms with van der Waals surface area (Å²) in [5, 5.41) is 2.97. The van der Waals surface area contributed by atoms with Crippen LogP contribution in [0.25, 0.3) is 11.0 Å². The molecule has 24 heavy (non-hydrogen) atoms. The Hall–Kier alpha value is -2.37. The number of carbonyl (C=O) groups is 1. The van der Waals surface area contributed by atoms with E-state index in [1.54, 1.807) is 25.1 Å². The number of fused-ring (bicyclic) bond motifs is 1. The molecule has 0 aliphatic heterocycles. The highest BCUT2D eigenvalue weighted by Crippen LogP contribution is 2.13. The number of H-pyrrole nitrogens is 1. The van der Waals surface area contributed by atoms with E-state index >= 15 is 0 Å². The fourth-order valence-corrected chi connectivity index (χ4v) is 2.70. The molecule has 1 aromatic heterocycles. The van der Waals surface area contributed by atoms with Crippen molar-refractivity contribution < 1.29 is 4.79 Å². The Morgan fingerprint density at radius 3 is 2.54 bits per heavy atom. The number of aromatic nitrogens is 2. The molecule has 0 aliphatic carbocycles. The van der Waals surface area contributed by atoms with Gasteiger partial charge in [-0.05, 0) is 50.8 Å². The first-order valence-electron chi connectivity index (χ1n) is 8.41. The largest absolute Gasteiger partial charge is 0.350 e. The van der Waals surface area contributed by atoms with Crippen LogP contribution in [0.3, 0.4) is 0 Å². The Balaban J connectivity index is 2.27. The quantitative estimate of drug-likeness (QED) is 0.796. The van der Waals surface area contributed by atoms with E-state index in [1.807, 2.05) is 6.92 Å². The van der Waals surface area contributed by atoms with Gasteiger partial charge >= 0.3 is 11.1 Å². The van der Waals surface area contributed by atoms with E-state index in [2.05, 4.69) is 24.1 Å². The van der Waals surface area contributed by atoms with Gasteiger partial charge in [-0.2, -0.15) is 0 Å². The van der Waals surface area contributed by atoms with Crippen molar-refractivity contribution in [1.82, 2.24) is 14.9 Å². The molecular formula is C18H25N3O3. The Kier molecular flexibility index (Phi) is 5.59. The Bertz CT molecular complexity index is 849. The smallest absolute Gasteiger partial charge is 0.316 e. The second-order valence-electron chi connectivity index (χ2n) is 6.58. The average Bonchev–Trinajstić information content (AvgIpc) is 2.53. The van der Waals surface area contributed by atoms with Gasteiger partial charge in [0.25, 0.3) is 5.91 Å². The van der Waals surface area contributed by atoms with Gasteiger partial charge in [0.1, 0.15) is 0 Å². The highest BCUT2D eigenvalue weighted by molar-refractivity contribution is 5.97. The minimum Gasteiger partial charge on any atom is -0.350 e. The number of aryl methyl sites for hydroxylation is 1. The van der Waals surface area contributed by atoms with Crippen LogP contribution in [0.4, 0.5) is 0 Å². The molecular weight excluding hydrogens is 306 g/mol. The molecule has 0 spiro atoms. The van der Waals surface area contributed by atoms with Crippen molar-refractivity contribution >= 4 is 16.9 Å². The first kappa shape index (κ1) is 18.0. The van der Waals surface area contributed by atoms with Crippen LogP contribution < -0.4 is 16.4 Å². The number of nitrogens with zero attached hydrogens (tertiary/aromatic N) is 1. The Morgan fingerprint density at radius 1 is 1.21 bits per heavy atom. The number of aromatic amines is 1. The molecule has 6 heteroatoms. The van der Waals surface area contributed by atoms with E-state index in [9.17, 15) is 14.4 Å². The normalized spacial score (nSPS) is 12.5.